The highest BCUT2D eigenvalue weighted by atomic mass is 15.3. The molecule has 0 amide bonds. The van der Waals surface area contributed by atoms with Crippen molar-refractivity contribution in [1.29, 1.82) is 5.26 Å². The Morgan fingerprint density at radius 3 is 3.00 bits per heavy atom. The molecule has 4 nitrogen and oxygen atoms in total. The fraction of sp³-hybridized carbons (Fsp3) is 0.667. The van der Waals surface area contributed by atoms with E-state index in [0.717, 1.165) is 13.0 Å². The van der Waals surface area contributed by atoms with E-state index in [1.54, 1.807) is 6.20 Å². The van der Waals surface area contributed by atoms with Gasteiger partial charge in [-0.25, -0.2) is 0 Å². The van der Waals surface area contributed by atoms with Crippen LogP contribution in [0.25, 0.3) is 0 Å². The Morgan fingerprint density at radius 2 is 2.38 bits per heavy atom. The maximum absolute atomic E-state index is 8.78. The summed E-state index contributed by atoms with van der Waals surface area (Å²) in [5, 5.41) is 13.0. The number of hydrogen-bond donors (Lipinski definition) is 0. The molecule has 0 aromatic carbocycles. The summed E-state index contributed by atoms with van der Waals surface area (Å²) in [5.41, 5.74) is 0.654. The Bertz CT molecular complexity index is 388. The summed E-state index contributed by atoms with van der Waals surface area (Å²) < 4.78 is 1.95. The van der Waals surface area contributed by atoms with Crippen LogP contribution in [-0.4, -0.2) is 33.8 Å². The summed E-state index contributed by atoms with van der Waals surface area (Å²) >= 11 is 0. The first-order chi connectivity index (χ1) is 7.70. The number of nitrogens with zero attached hydrogens (tertiary/aromatic N) is 4. The topological polar surface area (TPSA) is 44.9 Å². The summed E-state index contributed by atoms with van der Waals surface area (Å²) in [6, 6.07) is 3.14. The minimum atomic E-state index is 0.429. The van der Waals surface area contributed by atoms with Gasteiger partial charge in [-0.15, -0.1) is 0 Å². The van der Waals surface area contributed by atoms with E-state index in [4.69, 9.17) is 5.26 Å². The van der Waals surface area contributed by atoms with Crippen LogP contribution in [0.15, 0.2) is 12.4 Å². The lowest BCUT2D eigenvalue weighted by Crippen LogP contribution is -2.40. The van der Waals surface area contributed by atoms with Gasteiger partial charge in [0.15, 0.2) is 0 Å². The number of likely N-dealkylation sites (tertiary alicyclic amines) is 1. The highest BCUT2D eigenvalue weighted by Crippen LogP contribution is 2.22. The highest BCUT2D eigenvalue weighted by Gasteiger charge is 2.23. The molecule has 2 heterocycles. The van der Waals surface area contributed by atoms with Crippen molar-refractivity contribution >= 4 is 0 Å². The highest BCUT2D eigenvalue weighted by molar-refractivity contribution is 5.21. The standard InChI is InChI=1S/C12H18N4/c1-10(2)15-5-3-4-12(9-15)16-8-11(6-13)7-14-16/h7-8,10,12H,3-5,9H2,1-2H3. The summed E-state index contributed by atoms with van der Waals surface area (Å²) in [7, 11) is 0. The van der Waals surface area contributed by atoms with Gasteiger partial charge in [-0.05, 0) is 33.2 Å². The minimum Gasteiger partial charge on any atom is -0.299 e. The van der Waals surface area contributed by atoms with Gasteiger partial charge >= 0.3 is 0 Å². The molecule has 1 aliphatic rings. The van der Waals surface area contributed by atoms with Crippen molar-refractivity contribution in [2.75, 3.05) is 13.1 Å². The molecular weight excluding hydrogens is 200 g/mol. The molecule has 1 aromatic rings. The van der Waals surface area contributed by atoms with E-state index in [9.17, 15) is 0 Å². The Hall–Kier alpha value is -1.34. The second-order valence-electron chi connectivity index (χ2n) is 4.71. The lowest BCUT2D eigenvalue weighted by molar-refractivity contribution is 0.137. The van der Waals surface area contributed by atoms with Crippen molar-refractivity contribution in [3.63, 3.8) is 0 Å². The smallest absolute Gasteiger partial charge is 0.102 e. The van der Waals surface area contributed by atoms with Crippen molar-refractivity contribution in [3.05, 3.63) is 18.0 Å². The van der Waals surface area contributed by atoms with Crippen molar-refractivity contribution in [1.82, 2.24) is 14.7 Å². The molecule has 0 bridgehead atoms. The molecule has 0 aliphatic carbocycles. The maximum Gasteiger partial charge on any atom is 0.102 e. The van der Waals surface area contributed by atoms with E-state index in [2.05, 4.69) is 29.9 Å². The Labute approximate surface area is 96.5 Å². The second kappa shape index (κ2) is 4.67. The molecule has 1 saturated heterocycles. The second-order valence-corrected chi connectivity index (χ2v) is 4.71. The summed E-state index contributed by atoms with van der Waals surface area (Å²) in [6.07, 6.45) is 5.88. The van der Waals surface area contributed by atoms with Crippen LogP contribution in [0, 0.1) is 11.3 Å². The fourth-order valence-corrected chi connectivity index (χ4v) is 2.26. The molecule has 1 aliphatic heterocycles. The van der Waals surface area contributed by atoms with Gasteiger partial charge in [-0.1, -0.05) is 0 Å². The molecule has 1 aromatic heterocycles. The molecule has 0 spiro atoms. The van der Waals surface area contributed by atoms with Gasteiger partial charge in [0, 0.05) is 18.8 Å². The largest absolute Gasteiger partial charge is 0.299 e. The van der Waals surface area contributed by atoms with E-state index in [1.165, 1.54) is 13.0 Å². The van der Waals surface area contributed by atoms with E-state index >= 15 is 0 Å². The number of rotatable bonds is 2. The quantitative estimate of drug-likeness (QED) is 0.760. The van der Waals surface area contributed by atoms with Gasteiger partial charge in [0.05, 0.1) is 17.8 Å². The first-order valence-electron chi connectivity index (χ1n) is 5.89. The molecule has 1 fully saturated rings. The van der Waals surface area contributed by atoms with Crippen molar-refractivity contribution in [3.8, 4) is 6.07 Å². The Kier molecular flexibility index (Phi) is 3.25. The molecular formula is C12H18N4. The van der Waals surface area contributed by atoms with Crippen LogP contribution in [0.1, 0.15) is 38.3 Å². The van der Waals surface area contributed by atoms with Crippen molar-refractivity contribution in [2.24, 2.45) is 0 Å². The molecule has 1 unspecified atom stereocenters. The zero-order chi connectivity index (χ0) is 11.5. The zero-order valence-electron chi connectivity index (χ0n) is 9.93. The van der Waals surface area contributed by atoms with Gasteiger partial charge < -0.3 is 0 Å². The van der Waals surface area contributed by atoms with Crippen LogP contribution in [0.3, 0.4) is 0 Å². The first-order valence-corrected chi connectivity index (χ1v) is 5.89. The summed E-state index contributed by atoms with van der Waals surface area (Å²) in [5.74, 6) is 0. The third kappa shape index (κ3) is 2.25. The first kappa shape index (κ1) is 11.2. The Balaban J connectivity index is 2.07. The molecule has 4 heteroatoms. The molecule has 0 radical (unpaired) electrons. The van der Waals surface area contributed by atoms with Gasteiger partial charge in [0.1, 0.15) is 6.07 Å². The fourth-order valence-electron chi connectivity index (χ4n) is 2.26. The van der Waals surface area contributed by atoms with Crippen LogP contribution in [0.4, 0.5) is 0 Å². The monoisotopic (exact) mass is 218 g/mol. The summed E-state index contributed by atoms with van der Waals surface area (Å²) in [4.78, 5) is 2.47. The van der Waals surface area contributed by atoms with Gasteiger partial charge in [0.2, 0.25) is 0 Å². The molecule has 1 atom stereocenters. The SMILES string of the molecule is CC(C)N1CCCC(n2cc(C#N)cn2)C1. The minimum absolute atomic E-state index is 0.429. The maximum atomic E-state index is 8.78. The van der Waals surface area contributed by atoms with Crippen LogP contribution in [0.5, 0.6) is 0 Å². The number of nitriles is 1. The summed E-state index contributed by atoms with van der Waals surface area (Å²) in [6.45, 7) is 6.68. The predicted octanol–water partition coefficient (Wildman–Crippen LogP) is 1.80. The number of aromatic nitrogens is 2. The lowest BCUT2D eigenvalue weighted by atomic mass is 10.0. The lowest BCUT2D eigenvalue weighted by Gasteiger charge is -2.35. The normalized spacial score (nSPS) is 22.2. The van der Waals surface area contributed by atoms with E-state index < -0.39 is 0 Å². The number of piperidine rings is 1. The van der Waals surface area contributed by atoms with Crippen LogP contribution >= 0.6 is 0 Å². The Morgan fingerprint density at radius 1 is 1.56 bits per heavy atom. The average molecular weight is 218 g/mol. The van der Waals surface area contributed by atoms with E-state index in [1.807, 2.05) is 10.9 Å². The molecule has 16 heavy (non-hydrogen) atoms. The van der Waals surface area contributed by atoms with E-state index in [0.29, 0.717) is 17.6 Å². The molecule has 86 valence electrons. The van der Waals surface area contributed by atoms with Crippen LogP contribution in [-0.2, 0) is 0 Å². The van der Waals surface area contributed by atoms with Gasteiger partial charge in [-0.3, -0.25) is 9.58 Å². The van der Waals surface area contributed by atoms with Crippen LogP contribution < -0.4 is 0 Å². The van der Waals surface area contributed by atoms with E-state index in [-0.39, 0.29) is 0 Å². The third-order valence-corrected chi connectivity index (χ3v) is 3.26. The van der Waals surface area contributed by atoms with Crippen molar-refractivity contribution in [2.45, 2.75) is 38.8 Å². The number of hydrogen-bond acceptors (Lipinski definition) is 3. The van der Waals surface area contributed by atoms with Gasteiger partial charge in [0.25, 0.3) is 0 Å². The molecule has 0 saturated carbocycles. The average Bonchev–Trinajstić information content (AvgIpc) is 2.77. The van der Waals surface area contributed by atoms with Gasteiger partial charge in [-0.2, -0.15) is 10.4 Å². The molecule has 2 rings (SSSR count). The third-order valence-electron chi connectivity index (χ3n) is 3.26. The van der Waals surface area contributed by atoms with Crippen molar-refractivity contribution < 1.29 is 0 Å². The molecule has 0 N–H and O–H groups in total. The predicted molar refractivity (Wildman–Crippen MR) is 61.9 cm³/mol. The van der Waals surface area contributed by atoms with Crippen LogP contribution in [0.2, 0.25) is 0 Å². The zero-order valence-corrected chi connectivity index (χ0v) is 9.93.